The molecule has 1 aromatic heterocycles. The number of unbranched alkanes of at least 4 members (excludes halogenated alkanes) is 5. The van der Waals surface area contributed by atoms with Crippen molar-refractivity contribution >= 4 is 28.2 Å². The van der Waals surface area contributed by atoms with Crippen molar-refractivity contribution < 1.29 is 4.74 Å². The van der Waals surface area contributed by atoms with E-state index in [1.54, 1.807) is 4.80 Å². The largest absolute Gasteiger partial charge is 0.482 e. The van der Waals surface area contributed by atoms with E-state index in [4.69, 9.17) is 4.74 Å². The van der Waals surface area contributed by atoms with Crippen LogP contribution in [0.15, 0.2) is 54.6 Å². The summed E-state index contributed by atoms with van der Waals surface area (Å²) in [6.45, 7) is 2.79. The highest BCUT2D eigenvalue weighted by Gasteiger charge is 2.36. The number of aromatic nitrogens is 4. The van der Waals surface area contributed by atoms with Gasteiger partial charge in [-0.2, -0.15) is 4.80 Å². The van der Waals surface area contributed by atoms with Crippen molar-refractivity contribution in [1.29, 1.82) is 0 Å². The number of alkyl halides is 1. The minimum absolute atomic E-state index is 0.229. The van der Waals surface area contributed by atoms with Crippen molar-refractivity contribution in [2.24, 2.45) is 0 Å². The Bertz CT molecular complexity index is 1130. The first-order valence-electron chi connectivity index (χ1n) is 12.9. The molecule has 3 heterocycles. The highest BCUT2D eigenvalue weighted by atomic mass is 127. The van der Waals surface area contributed by atoms with E-state index in [1.807, 2.05) is 0 Å². The van der Waals surface area contributed by atoms with E-state index in [9.17, 15) is 0 Å². The number of aryl methyl sites for hydroxylation is 1. The molecule has 0 atom stereocenters. The number of nitrogens with zero attached hydrogens (tertiary/aromatic N) is 4. The van der Waals surface area contributed by atoms with Crippen LogP contribution in [0, 0.1) is 0 Å². The first-order valence-corrected chi connectivity index (χ1v) is 14.5. The SMILES string of the molecule is ICCCCCCCCn1nnc(-c2ccc(C3=CC4(CCNCC4)Oc4ccccc43)cc2)n1. The van der Waals surface area contributed by atoms with Gasteiger partial charge in [0.15, 0.2) is 0 Å². The van der Waals surface area contributed by atoms with Crippen LogP contribution >= 0.6 is 22.6 Å². The molecule has 35 heavy (non-hydrogen) atoms. The summed E-state index contributed by atoms with van der Waals surface area (Å²) in [4.78, 5) is 1.74. The van der Waals surface area contributed by atoms with E-state index in [-0.39, 0.29) is 5.60 Å². The lowest BCUT2D eigenvalue weighted by atomic mass is 9.83. The summed E-state index contributed by atoms with van der Waals surface area (Å²) in [6.07, 6.45) is 11.9. The molecule has 0 amide bonds. The fourth-order valence-corrected chi connectivity index (χ4v) is 5.55. The molecule has 6 nitrogen and oxygen atoms in total. The molecule has 1 spiro atoms. The number of nitrogens with one attached hydrogen (secondary N) is 1. The lowest BCUT2D eigenvalue weighted by Crippen LogP contribution is -2.46. The summed E-state index contributed by atoms with van der Waals surface area (Å²) in [5.74, 6) is 1.67. The molecule has 2 aliphatic heterocycles. The first-order chi connectivity index (χ1) is 17.3. The van der Waals surface area contributed by atoms with Crippen LogP contribution < -0.4 is 10.1 Å². The average Bonchev–Trinajstić information content (AvgIpc) is 3.37. The van der Waals surface area contributed by atoms with Gasteiger partial charge in [0.2, 0.25) is 5.82 Å². The zero-order valence-corrected chi connectivity index (χ0v) is 22.4. The van der Waals surface area contributed by atoms with Crippen molar-refractivity contribution in [3.8, 4) is 17.1 Å². The number of hydrogen-bond acceptors (Lipinski definition) is 5. The molecule has 3 aromatic rings. The Morgan fingerprint density at radius 3 is 2.40 bits per heavy atom. The Kier molecular flexibility index (Phi) is 8.13. The monoisotopic (exact) mass is 583 g/mol. The van der Waals surface area contributed by atoms with Crippen LogP contribution in [0.5, 0.6) is 5.75 Å². The second-order valence-electron chi connectivity index (χ2n) is 9.57. The van der Waals surface area contributed by atoms with E-state index in [2.05, 4.69) is 97.9 Å². The number of rotatable bonds is 10. The highest BCUT2D eigenvalue weighted by molar-refractivity contribution is 14.1. The maximum Gasteiger partial charge on any atom is 0.204 e. The Balaban J connectivity index is 1.27. The van der Waals surface area contributed by atoms with Crippen LogP contribution in [0.1, 0.15) is 62.5 Å². The van der Waals surface area contributed by atoms with E-state index in [1.165, 1.54) is 47.7 Å². The van der Waals surface area contributed by atoms with Gasteiger partial charge in [-0.3, -0.25) is 0 Å². The second-order valence-corrected chi connectivity index (χ2v) is 10.6. The third-order valence-electron chi connectivity index (χ3n) is 7.00. The van der Waals surface area contributed by atoms with Gasteiger partial charge in [-0.1, -0.05) is 90.7 Å². The minimum atomic E-state index is -0.229. The van der Waals surface area contributed by atoms with Crippen LogP contribution in [0.25, 0.3) is 17.0 Å². The van der Waals surface area contributed by atoms with E-state index < -0.39 is 0 Å². The van der Waals surface area contributed by atoms with Crippen molar-refractivity contribution in [3.05, 3.63) is 65.7 Å². The standard InChI is InChI=1S/C28H34IN5O/c29-17-7-3-1-2-4-8-20-34-32-27(31-33-34)23-13-11-22(12-14-23)25-21-28(15-18-30-19-16-28)35-26-10-6-5-9-24(25)26/h5-6,9-14,21,30H,1-4,7-8,15-20H2. The quantitative estimate of drug-likeness (QED) is 0.179. The first kappa shape index (κ1) is 24.4. The zero-order valence-electron chi connectivity index (χ0n) is 20.3. The van der Waals surface area contributed by atoms with Gasteiger partial charge in [-0.05, 0) is 58.9 Å². The molecule has 184 valence electrons. The molecule has 0 unspecified atom stereocenters. The van der Waals surface area contributed by atoms with Gasteiger partial charge in [0.05, 0.1) is 6.54 Å². The Morgan fingerprint density at radius 2 is 1.60 bits per heavy atom. The topological polar surface area (TPSA) is 64.9 Å². The minimum Gasteiger partial charge on any atom is -0.482 e. The number of halogens is 1. The smallest absolute Gasteiger partial charge is 0.204 e. The Morgan fingerprint density at radius 1 is 0.886 bits per heavy atom. The van der Waals surface area contributed by atoms with Gasteiger partial charge < -0.3 is 10.1 Å². The lowest BCUT2D eigenvalue weighted by molar-refractivity contribution is 0.0817. The molecule has 7 heteroatoms. The summed E-state index contributed by atoms with van der Waals surface area (Å²) in [6, 6.07) is 16.9. The summed E-state index contributed by atoms with van der Waals surface area (Å²) >= 11 is 2.45. The van der Waals surface area contributed by atoms with Gasteiger partial charge in [0.25, 0.3) is 0 Å². The van der Waals surface area contributed by atoms with Gasteiger partial charge in [0, 0.05) is 24.0 Å². The maximum atomic E-state index is 6.52. The molecule has 0 aliphatic carbocycles. The van der Waals surface area contributed by atoms with Gasteiger partial charge in [0.1, 0.15) is 11.4 Å². The fraction of sp³-hybridized carbons (Fsp3) is 0.464. The van der Waals surface area contributed by atoms with E-state index >= 15 is 0 Å². The fourth-order valence-electron chi connectivity index (χ4n) is 5.01. The van der Waals surface area contributed by atoms with Gasteiger partial charge in [-0.15, -0.1) is 10.2 Å². The summed E-state index contributed by atoms with van der Waals surface area (Å²) in [7, 11) is 0. The van der Waals surface area contributed by atoms with Crippen LogP contribution in [-0.2, 0) is 6.54 Å². The van der Waals surface area contributed by atoms with Crippen LogP contribution in [0.2, 0.25) is 0 Å². The number of hydrogen-bond donors (Lipinski definition) is 1. The van der Waals surface area contributed by atoms with Crippen LogP contribution in [-0.4, -0.2) is 43.3 Å². The third-order valence-corrected chi connectivity index (χ3v) is 7.76. The van der Waals surface area contributed by atoms with E-state index in [0.717, 1.165) is 55.8 Å². The van der Waals surface area contributed by atoms with Crippen molar-refractivity contribution in [2.45, 2.75) is 63.5 Å². The van der Waals surface area contributed by atoms with Gasteiger partial charge in [-0.25, -0.2) is 0 Å². The number of ether oxygens (including phenoxy) is 1. The molecule has 1 fully saturated rings. The normalized spacial score (nSPS) is 16.5. The van der Waals surface area contributed by atoms with Crippen LogP contribution in [0.3, 0.4) is 0 Å². The average molecular weight is 584 g/mol. The molecule has 5 rings (SSSR count). The molecule has 1 N–H and O–H groups in total. The molecule has 1 saturated heterocycles. The Hall–Kier alpha value is -2.26. The summed E-state index contributed by atoms with van der Waals surface area (Å²) < 4.78 is 7.79. The zero-order chi connectivity index (χ0) is 23.9. The maximum absolute atomic E-state index is 6.52. The Labute approximate surface area is 221 Å². The lowest BCUT2D eigenvalue weighted by Gasteiger charge is -2.40. The highest BCUT2D eigenvalue weighted by Crippen LogP contribution is 2.42. The number of tetrazole rings is 1. The molecular formula is C28H34IN5O. The predicted octanol–water partition coefficient (Wildman–Crippen LogP) is 6.06. The van der Waals surface area contributed by atoms with Gasteiger partial charge >= 0.3 is 0 Å². The molecular weight excluding hydrogens is 549 g/mol. The number of para-hydroxylation sites is 1. The van der Waals surface area contributed by atoms with E-state index in [0.29, 0.717) is 5.82 Å². The number of benzene rings is 2. The summed E-state index contributed by atoms with van der Waals surface area (Å²) in [5.41, 5.74) is 4.36. The number of fused-ring (bicyclic) bond motifs is 1. The molecule has 0 bridgehead atoms. The number of piperidine rings is 1. The predicted molar refractivity (Wildman–Crippen MR) is 149 cm³/mol. The van der Waals surface area contributed by atoms with Crippen molar-refractivity contribution in [3.63, 3.8) is 0 Å². The molecule has 0 radical (unpaired) electrons. The second kappa shape index (κ2) is 11.6. The van der Waals surface area contributed by atoms with Crippen LogP contribution in [0.4, 0.5) is 0 Å². The van der Waals surface area contributed by atoms with Crippen molar-refractivity contribution in [2.75, 3.05) is 17.5 Å². The summed E-state index contributed by atoms with van der Waals surface area (Å²) in [5, 5.41) is 16.7. The molecule has 0 saturated carbocycles. The molecule has 2 aliphatic rings. The molecule has 2 aromatic carbocycles. The third kappa shape index (κ3) is 5.94. The van der Waals surface area contributed by atoms with Crippen molar-refractivity contribution in [1.82, 2.24) is 25.5 Å².